The number of rotatable bonds is 5. The highest BCUT2D eigenvalue weighted by Gasteiger charge is 2.45. The number of carbonyl (C=O) groups is 1. The van der Waals surface area contributed by atoms with Crippen molar-refractivity contribution in [2.24, 2.45) is 0 Å². The number of nitrogens with one attached hydrogen (secondary N) is 1. The van der Waals surface area contributed by atoms with E-state index in [2.05, 4.69) is 20.3 Å². The van der Waals surface area contributed by atoms with Gasteiger partial charge in [0.25, 0.3) is 5.91 Å². The second-order valence-electron chi connectivity index (χ2n) is 6.55. The number of amides is 1. The van der Waals surface area contributed by atoms with Crippen LogP contribution in [0, 0.1) is 0 Å². The largest absolute Gasteiger partial charge is 0.497 e. The van der Waals surface area contributed by atoms with Crippen LogP contribution in [0.25, 0.3) is 11.2 Å². The van der Waals surface area contributed by atoms with Gasteiger partial charge in [0.1, 0.15) is 35.8 Å². The number of aliphatic hydroxyl groups is 2. The Labute approximate surface area is 165 Å². The summed E-state index contributed by atoms with van der Waals surface area (Å²) in [6, 6.07) is 5.73. The van der Waals surface area contributed by atoms with E-state index in [1.807, 2.05) is 0 Å². The van der Waals surface area contributed by atoms with Gasteiger partial charge in [-0.1, -0.05) is 6.07 Å². The number of anilines is 1. The van der Waals surface area contributed by atoms with Crippen LogP contribution in [-0.2, 0) is 4.74 Å². The van der Waals surface area contributed by atoms with Crippen molar-refractivity contribution in [3.8, 4) is 5.75 Å². The van der Waals surface area contributed by atoms with Gasteiger partial charge < -0.3 is 30.7 Å². The third kappa shape index (κ3) is 3.35. The van der Waals surface area contributed by atoms with Crippen molar-refractivity contribution in [1.29, 1.82) is 0 Å². The van der Waals surface area contributed by atoms with Crippen molar-refractivity contribution in [3.05, 3.63) is 42.5 Å². The third-order valence-electron chi connectivity index (χ3n) is 4.84. The predicted octanol–water partition coefficient (Wildman–Crippen LogP) is -0.534. The fourth-order valence-corrected chi connectivity index (χ4v) is 3.35. The summed E-state index contributed by atoms with van der Waals surface area (Å²) in [7, 11) is 1.51. The van der Waals surface area contributed by atoms with E-state index < -0.39 is 37.0 Å². The highest BCUT2D eigenvalue weighted by molar-refractivity contribution is 5.94. The van der Waals surface area contributed by atoms with Crippen LogP contribution in [0.2, 0.25) is 0 Å². The first kappa shape index (κ1) is 19.1. The van der Waals surface area contributed by atoms with Gasteiger partial charge in [-0.25, -0.2) is 15.0 Å². The summed E-state index contributed by atoms with van der Waals surface area (Å²) in [5.74, 6) is 0.292. The van der Waals surface area contributed by atoms with Gasteiger partial charge in [-0.05, 0) is 18.2 Å². The SMILES string of the molecule is COc1cccc(C(=O)N[C@@H]2[C@H](O)[C@@H](CO)O[C@H]2n2cnc3c(N)ncnc32)c1. The number of methoxy groups -OCH3 is 1. The molecule has 1 aliphatic rings. The molecule has 1 saturated heterocycles. The maximum Gasteiger partial charge on any atom is 0.251 e. The zero-order valence-corrected chi connectivity index (χ0v) is 15.5. The van der Waals surface area contributed by atoms with E-state index in [0.29, 0.717) is 22.5 Å². The summed E-state index contributed by atoms with van der Waals surface area (Å²) in [5, 5.41) is 23.0. The van der Waals surface area contributed by atoms with E-state index in [0.717, 1.165) is 0 Å². The molecule has 11 heteroatoms. The van der Waals surface area contributed by atoms with E-state index in [1.54, 1.807) is 28.8 Å². The summed E-state index contributed by atoms with van der Waals surface area (Å²) in [6.07, 6.45) is -0.189. The minimum atomic E-state index is -1.16. The monoisotopic (exact) mass is 400 g/mol. The molecule has 1 aliphatic heterocycles. The number of benzene rings is 1. The van der Waals surface area contributed by atoms with Crippen molar-refractivity contribution in [3.63, 3.8) is 0 Å². The molecule has 3 heterocycles. The van der Waals surface area contributed by atoms with Crippen molar-refractivity contribution in [1.82, 2.24) is 24.8 Å². The van der Waals surface area contributed by atoms with Crippen LogP contribution in [0.3, 0.4) is 0 Å². The van der Waals surface area contributed by atoms with Gasteiger partial charge in [-0.15, -0.1) is 0 Å². The molecule has 4 rings (SSSR count). The van der Waals surface area contributed by atoms with Gasteiger partial charge in [-0.3, -0.25) is 9.36 Å². The van der Waals surface area contributed by atoms with Crippen LogP contribution >= 0.6 is 0 Å². The minimum Gasteiger partial charge on any atom is -0.497 e. The predicted molar refractivity (Wildman–Crippen MR) is 101 cm³/mol. The normalized spacial score (nSPS) is 24.0. The highest BCUT2D eigenvalue weighted by Crippen LogP contribution is 2.32. The molecule has 1 amide bonds. The molecule has 0 saturated carbocycles. The maximum atomic E-state index is 12.8. The lowest BCUT2D eigenvalue weighted by atomic mass is 10.1. The molecule has 5 N–H and O–H groups in total. The highest BCUT2D eigenvalue weighted by atomic mass is 16.5. The Morgan fingerprint density at radius 3 is 2.97 bits per heavy atom. The Kier molecular flexibility index (Phi) is 5.01. The van der Waals surface area contributed by atoms with Crippen molar-refractivity contribution < 1.29 is 24.5 Å². The Morgan fingerprint density at radius 1 is 1.38 bits per heavy atom. The molecule has 29 heavy (non-hydrogen) atoms. The van der Waals surface area contributed by atoms with Gasteiger partial charge in [0.05, 0.1) is 20.0 Å². The van der Waals surface area contributed by atoms with Gasteiger partial charge in [-0.2, -0.15) is 0 Å². The van der Waals surface area contributed by atoms with Crippen LogP contribution in [0.15, 0.2) is 36.9 Å². The van der Waals surface area contributed by atoms with Crippen LogP contribution in [0.5, 0.6) is 5.75 Å². The molecule has 11 nitrogen and oxygen atoms in total. The first-order valence-corrected chi connectivity index (χ1v) is 8.85. The molecule has 1 fully saturated rings. The fraction of sp³-hybridized carbons (Fsp3) is 0.333. The van der Waals surface area contributed by atoms with Crippen LogP contribution < -0.4 is 15.8 Å². The van der Waals surface area contributed by atoms with Gasteiger partial charge in [0, 0.05) is 5.56 Å². The summed E-state index contributed by atoms with van der Waals surface area (Å²) >= 11 is 0. The molecule has 2 aromatic heterocycles. The van der Waals surface area contributed by atoms with Crippen molar-refractivity contribution in [2.75, 3.05) is 19.5 Å². The molecule has 0 radical (unpaired) electrons. The molecule has 4 atom stereocenters. The minimum absolute atomic E-state index is 0.197. The fourth-order valence-electron chi connectivity index (χ4n) is 3.35. The second kappa shape index (κ2) is 7.62. The Balaban J connectivity index is 1.67. The number of hydrogen-bond donors (Lipinski definition) is 4. The molecule has 0 unspecified atom stereocenters. The van der Waals surface area contributed by atoms with Gasteiger partial charge >= 0.3 is 0 Å². The van der Waals surface area contributed by atoms with E-state index >= 15 is 0 Å². The average molecular weight is 400 g/mol. The number of nitrogens with two attached hydrogens (primary N) is 1. The average Bonchev–Trinajstić information content (AvgIpc) is 3.30. The van der Waals surface area contributed by atoms with Crippen LogP contribution in [0.1, 0.15) is 16.6 Å². The number of fused-ring (bicyclic) bond motifs is 1. The van der Waals surface area contributed by atoms with E-state index in [9.17, 15) is 15.0 Å². The number of aromatic nitrogens is 4. The van der Waals surface area contributed by atoms with E-state index in [1.165, 1.54) is 19.8 Å². The number of ether oxygens (including phenoxy) is 2. The molecule has 0 spiro atoms. The summed E-state index contributed by atoms with van der Waals surface area (Å²) < 4.78 is 12.5. The summed E-state index contributed by atoms with van der Waals surface area (Å²) in [4.78, 5) is 25.0. The van der Waals surface area contributed by atoms with Gasteiger partial charge in [0.15, 0.2) is 17.7 Å². The van der Waals surface area contributed by atoms with Crippen LogP contribution in [0.4, 0.5) is 5.82 Å². The third-order valence-corrected chi connectivity index (χ3v) is 4.84. The summed E-state index contributed by atoms with van der Waals surface area (Å²) in [5.41, 5.74) is 6.94. The maximum absolute atomic E-state index is 12.8. The first-order chi connectivity index (χ1) is 14.0. The lowest BCUT2D eigenvalue weighted by molar-refractivity contribution is -0.0440. The number of aliphatic hydroxyl groups excluding tert-OH is 2. The Bertz CT molecular complexity index is 1040. The number of nitrogen functional groups attached to an aromatic ring is 1. The zero-order valence-electron chi connectivity index (χ0n) is 15.5. The molecular weight excluding hydrogens is 380 g/mol. The van der Waals surface area contributed by atoms with Crippen molar-refractivity contribution in [2.45, 2.75) is 24.5 Å². The van der Waals surface area contributed by atoms with Crippen molar-refractivity contribution >= 4 is 22.9 Å². The number of hydrogen-bond acceptors (Lipinski definition) is 9. The smallest absolute Gasteiger partial charge is 0.251 e. The standard InChI is InChI=1S/C18H20N6O5/c1-28-10-4-2-3-9(5-10)17(27)23-12-14(26)11(6-25)29-18(12)24-8-22-13-15(19)20-7-21-16(13)24/h2-5,7-8,11-12,14,18,25-26H,6H2,1H3,(H,23,27)(H2,19,20,21)/t11-,12-,14-,18-/m1/s1. The van der Waals surface area contributed by atoms with Crippen LogP contribution in [-0.4, -0.2) is 67.6 Å². The number of nitrogens with zero attached hydrogens (tertiary/aromatic N) is 4. The quantitative estimate of drug-likeness (QED) is 0.442. The molecule has 152 valence electrons. The lowest BCUT2D eigenvalue weighted by Crippen LogP contribution is -2.46. The molecule has 3 aromatic rings. The molecule has 0 bridgehead atoms. The molecular formula is C18H20N6O5. The van der Waals surface area contributed by atoms with Gasteiger partial charge in [0.2, 0.25) is 0 Å². The Hall–Kier alpha value is -3.28. The lowest BCUT2D eigenvalue weighted by Gasteiger charge is -2.23. The molecule has 0 aliphatic carbocycles. The molecule has 1 aromatic carbocycles. The summed E-state index contributed by atoms with van der Waals surface area (Å²) in [6.45, 7) is -0.424. The Morgan fingerprint density at radius 2 is 2.21 bits per heavy atom. The number of imidazole rings is 1. The zero-order chi connectivity index (χ0) is 20.5. The second-order valence-corrected chi connectivity index (χ2v) is 6.55. The topological polar surface area (TPSA) is 158 Å². The number of carbonyl (C=O) groups excluding carboxylic acids is 1. The van der Waals surface area contributed by atoms with E-state index in [4.69, 9.17) is 15.2 Å². The van der Waals surface area contributed by atoms with E-state index in [-0.39, 0.29) is 5.82 Å². The first-order valence-electron chi connectivity index (χ1n) is 8.85.